The summed E-state index contributed by atoms with van der Waals surface area (Å²) in [5, 5.41) is 5.00. The van der Waals surface area contributed by atoms with Gasteiger partial charge in [0.1, 0.15) is 5.82 Å². The van der Waals surface area contributed by atoms with Gasteiger partial charge >= 0.3 is 0 Å². The SMILES string of the molecule is O=C(NCc1ccc2c(c1)OCO2)c1cccnc1N1CCN(C(=O)c2cccc3ccccc23)CC1. The third-order valence-corrected chi connectivity index (χ3v) is 6.81. The molecule has 0 atom stereocenters. The van der Waals surface area contributed by atoms with Crippen molar-refractivity contribution < 1.29 is 19.1 Å². The molecule has 0 aliphatic carbocycles. The van der Waals surface area contributed by atoms with Crippen molar-refractivity contribution in [3.63, 3.8) is 0 Å². The number of carbonyl (C=O) groups is 2. The van der Waals surface area contributed by atoms with Gasteiger partial charge in [0.2, 0.25) is 6.79 Å². The van der Waals surface area contributed by atoms with Crippen molar-refractivity contribution in [2.45, 2.75) is 6.54 Å². The average Bonchev–Trinajstić information content (AvgIpc) is 3.43. The van der Waals surface area contributed by atoms with Gasteiger partial charge in [-0.2, -0.15) is 0 Å². The molecule has 2 amide bonds. The maximum absolute atomic E-state index is 13.3. The summed E-state index contributed by atoms with van der Waals surface area (Å²) < 4.78 is 10.8. The highest BCUT2D eigenvalue weighted by molar-refractivity contribution is 6.07. The topological polar surface area (TPSA) is 84.0 Å². The van der Waals surface area contributed by atoms with Gasteiger partial charge in [-0.1, -0.05) is 42.5 Å². The molecular weight excluding hydrogens is 468 g/mol. The number of ether oxygens (including phenoxy) is 2. The van der Waals surface area contributed by atoms with Crippen LogP contribution in [0.5, 0.6) is 11.5 Å². The predicted molar refractivity (Wildman–Crippen MR) is 140 cm³/mol. The van der Waals surface area contributed by atoms with Crippen molar-refractivity contribution in [3.05, 3.63) is 95.7 Å². The van der Waals surface area contributed by atoms with Gasteiger partial charge in [0.05, 0.1) is 5.56 Å². The number of benzene rings is 3. The summed E-state index contributed by atoms with van der Waals surface area (Å²) in [5.74, 6) is 1.85. The number of pyridine rings is 1. The third-order valence-electron chi connectivity index (χ3n) is 6.81. The smallest absolute Gasteiger partial charge is 0.255 e. The zero-order valence-corrected chi connectivity index (χ0v) is 20.2. The standard InChI is InChI=1S/C29H26N4O4/c34-28(31-18-20-10-11-25-26(17-20)37-19-36-25)24-9-4-12-30-27(24)32-13-15-33(16-14-32)29(35)23-8-3-6-21-5-1-2-7-22(21)23/h1-12,17H,13-16,18-19H2,(H,31,34). The largest absolute Gasteiger partial charge is 0.454 e. The monoisotopic (exact) mass is 494 g/mol. The Morgan fingerprint density at radius 2 is 1.62 bits per heavy atom. The van der Waals surface area contributed by atoms with Gasteiger partial charge < -0.3 is 24.6 Å². The Morgan fingerprint density at radius 3 is 2.51 bits per heavy atom. The van der Waals surface area contributed by atoms with Gasteiger partial charge in [-0.05, 0) is 46.7 Å². The number of hydrogen-bond acceptors (Lipinski definition) is 6. The first kappa shape index (κ1) is 22.8. The Labute approximate surface area is 214 Å². The molecule has 2 aliphatic heterocycles. The van der Waals surface area contributed by atoms with Crippen LogP contribution < -0.4 is 19.7 Å². The second-order valence-electron chi connectivity index (χ2n) is 9.05. The van der Waals surface area contributed by atoms with Gasteiger partial charge in [-0.25, -0.2) is 4.98 Å². The molecule has 1 saturated heterocycles. The van der Waals surface area contributed by atoms with Gasteiger partial charge in [-0.3, -0.25) is 9.59 Å². The van der Waals surface area contributed by atoms with E-state index in [4.69, 9.17) is 9.47 Å². The van der Waals surface area contributed by atoms with Crippen LogP contribution in [0.25, 0.3) is 10.8 Å². The fourth-order valence-electron chi connectivity index (χ4n) is 4.86. The van der Waals surface area contributed by atoms with Gasteiger partial charge in [0, 0.05) is 44.5 Å². The molecule has 0 radical (unpaired) electrons. The fraction of sp³-hybridized carbons (Fsp3) is 0.207. The molecule has 4 aromatic rings. The van der Waals surface area contributed by atoms with E-state index in [1.807, 2.05) is 65.6 Å². The third kappa shape index (κ3) is 4.53. The van der Waals surface area contributed by atoms with E-state index in [1.54, 1.807) is 18.3 Å². The average molecular weight is 495 g/mol. The highest BCUT2D eigenvalue weighted by Crippen LogP contribution is 2.32. The zero-order valence-electron chi connectivity index (χ0n) is 20.2. The first-order valence-electron chi connectivity index (χ1n) is 12.3. The van der Waals surface area contributed by atoms with E-state index in [0.717, 1.165) is 16.3 Å². The van der Waals surface area contributed by atoms with Crippen molar-refractivity contribution in [1.29, 1.82) is 0 Å². The molecule has 0 unspecified atom stereocenters. The molecule has 8 nitrogen and oxygen atoms in total. The van der Waals surface area contributed by atoms with Crippen LogP contribution in [0.2, 0.25) is 0 Å². The lowest BCUT2D eigenvalue weighted by Gasteiger charge is -2.36. The van der Waals surface area contributed by atoms with Crippen molar-refractivity contribution >= 4 is 28.4 Å². The minimum Gasteiger partial charge on any atom is -0.454 e. The molecule has 0 spiro atoms. The summed E-state index contributed by atoms with van der Waals surface area (Å²) in [4.78, 5) is 34.9. The Balaban J connectivity index is 1.12. The van der Waals surface area contributed by atoms with Crippen LogP contribution in [0, 0.1) is 0 Å². The maximum Gasteiger partial charge on any atom is 0.255 e. The van der Waals surface area contributed by atoms with Crippen LogP contribution >= 0.6 is 0 Å². The summed E-state index contributed by atoms with van der Waals surface area (Å²) in [6, 6.07) is 22.9. The van der Waals surface area contributed by atoms with E-state index < -0.39 is 0 Å². The molecule has 6 rings (SSSR count). The van der Waals surface area contributed by atoms with Crippen molar-refractivity contribution in [3.8, 4) is 11.5 Å². The van der Waals surface area contributed by atoms with E-state index in [0.29, 0.717) is 61.2 Å². The summed E-state index contributed by atoms with van der Waals surface area (Å²) in [6.07, 6.45) is 1.69. The Kier molecular flexibility index (Phi) is 6.06. The van der Waals surface area contributed by atoms with Gasteiger partial charge in [-0.15, -0.1) is 0 Å². The quantitative estimate of drug-likeness (QED) is 0.454. The first-order valence-corrected chi connectivity index (χ1v) is 12.3. The Morgan fingerprint density at radius 1 is 0.838 bits per heavy atom. The highest BCUT2D eigenvalue weighted by Gasteiger charge is 2.26. The number of rotatable bonds is 5. The molecule has 37 heavy (non-hydrogen) atoms. The summed E-state index contributed by atoms with van der Waals surface area (Å²) in [6.45, 7) is 2.86. The summed E-state index contributed by atoms with van der Waals surface area (Å²) in [5.41, 5.74) is 2.15. The minimum absolute atomic E-state index is 0.0270. The van der Waals surface area contributed by atoms with Crippen LogP contribution in [0.3, 0.4) is 0 Å². The second-order valence-corrected chi connectivity index (χ2v) is 9.05. The van der Waals surface area contributed by atoms with Crippen LogP contribution in [0.4, 0.5) is 5.82 Å². The van der Waals surface area contributed by atoms with E-state index >= 15 is 0 Å². The summed E-state index contributed by atoms with van der Waals surface area (Å²) in [7, 11) is 0. The minimum atomic E-state index is -0.199. The number of amides is 2. The molecular formula is C29H26N4O4. The number of nitrogens with one attached hydrogen (secondary N) is 1. The van der Waals surface area contributed by atoms with Crippen LogP contribution in [0.1, 0.15) is 26.3 Å². The molecule has 0 saturated carbocycles. The number of aromatic nitrogens is 1. The molecule has 186 valence electrons. The molecule has 0 bridgehead atoms. The Bertz CT molecular complexity index is 1470. The van der Waals surface area contributed by atoms with Gasteiger partial charge in [0.25, 0.3) is 11.8 Å². The number of fused-ring (bicyclic) bond motifs is 2. The molecule has 3 aromatic carbocycles. The predicted octanol–water partition coefficient (Wildman–Crippen LogP) is 3.86. The van der Waals surface area contributed by atoms with Crippen LogP contribution in [-0.2, 0) is 6.54 Å². The van der Waals surface area contributed by atoms with E-state index in [9.17, 15) is 9.59 Å². The zero-order chi connectivity index (χ0) is 25.2. The molecule has 1 N–H and O–H groups in total. The maximum atomic E-state index is 13.3. The van der Waals surface area contributed by atoms with E-state index in [-0.39, 0.29) is 18.6 Å². The van der Waals surface area contributed by atoms with E-state index in [2.05, 4.69) is 15.2 Å². The number of hydrogen-bond donors (Lipinski definition) is 1. The first-order chi connectivity index (χ1) is 18.2. The number of nitrogens with zero attached hydrogens (tertiary/aromatic N) is 3. The lowest BCUT2D eigenvalue weighted by molar-refractivity contribution is 0.0747. The number of carbonyl (C=O) groups excluding carboxylic acids is 2. The lowest BCUT2D eigenvalue weighted by Crippen LogP contribution is -2.49. The van der Waals surface area contributed by atoms with Crippen molar-refractivity contribution in [2.24, 2.45) is 0 Å². The van der Waals surface area contributed by atoms with Crippen molar-refractivity contribution in [2.75, 3.05) is 37.9 Å². The van der Waals surface area contributed by atoms with E-state index in [1.165, 1.54) is 0 Å². The molecule has 1 fully saturated rings. The number of piperazine rings is 1. The molecule has 1 aromatic heterocycles. The summed E-state index contributed by atoms with van der Waals surface area (Å²) >= 11 is 0. The normalized spacial score (nSPS) is 14.6. The molecule has 3 heterocycles. The fourth-order valence-corrected chi connectivity index (χ4v) is 4.86. The van der Waals surface area contributed by atoms with Crippen molar-refractivity contribution in [1.82, 2.24) is 15.2 Å². The highest BCUT2D eigenvalue weighted by atomic mass is 16.7. The number of anilines is 1. The van der Waals surface area contributed by atoms with Crippen LogP contribution in [-0.4, -0.2) is 54.7 Å². The van der Waals surface area contributed by atoms with Crippen LogP contribution in [0.15, 0.2) is 79.0 Å². The molecule has 8 heteroatoms. The Hall–Kier alpha value is -4.59. The second kappa shape index (κ2) is 9.81. The van der Waals surface area contributed by atoms with Gasteiger partial charge in [0.15, 0.2) is 11.5 Å². The lowest BCUT2D eigenvalue weighted by atomic mass is 10.0. The molecule has 2 aliphatic rings.